The lowest BCUT2D eigenvalue weighted by Gasteiger charge is -2.05. The molecule has 0 N–H and O–H groups in total. The normalized spacial score (nSPS) is 10.2. The molecule has 0 saturated heterocycles. The van der Waals surface area contributed by atoms with E-state index in [2.05, 4.69) is 31.9 Å². The van der Waals surface area contributed by atoms with E-state index in [1.165, 1.54) is 0 Å². The van der Waals surface area contributed by atoms with Gasteiger partial charge in [0.1, 0.15) is 12.5 Å². The number of rotatable bonds is 4. The van der Waals surface area contributed by atoms with Gasteiger partial charge in [-0.2, -0.15) is 0 Å². The maximum atomic E-state index is 12.5. The highest BCUT2D eigenvalue weighted by atomic mass is 79.9. The van der Waals surface area contributed by atoms with Crippen LogP contribution in [0.3, 0.4) is 0 Å². The van der Waals surface area contributed by atoms with E-state index < -0.39 is 6.67 Å². The molecule has 0 saturated carbocycles. The third-order valence-corrected chi connectivity index (χ3v) is 2.97. The van der Waals surface area contributed by atoms with Gasteiger partial charge in [-0.15, -0.1) is 0 Å². The van der Waals surface area contributed by atoms with Gasteiger partial charge in [0, 0.05) is 10.9 Å². The molecule has 0 radical (unpaired) electrons. The quantitative estimate of drug-likeness (QED) is 0.776. The number of halogens is 3. The van der Waals surface area contributed by atoms with Crippen LogP contribution >= 0.6 is 31.9 Å². The van der Waals surface area contributed by atoms with Gasteiger partial charge in [0.15, 0.2) is 0 Å². The summed E-state index contributed by atoms with van der Waals surface area (Å²) in [6, 6.07) is 5.26. The lowest BCUT2D eigenvalue weighted by Crippen LogP contribution is -2.05. The third kappa shape index (κ3) is 3.17. The van der Waals surface area contributed by atoms with Crippen molar-refractivity contribution in [3.63, 3.8) is 0 Å². The van der Waals surface area contributed by atoms with Crippen LogP contribution in [0.25, 0.3) is 0 Å². The van der Waals surface area contributed by atoms with E-state index in [4.69, 9.17) is 0 Å². The van der Waals surface area contributed by atoms with Crippen molar-refractivity contribution in [3.8, 4) is 0 Å². The molecule has 0 amide bonds. The second-order valence-electron chi connectivity index (χ2n) is 2.90. The number of alkyl halides is 2. The van der Waals surface area contributed by atoms with Gasteiger partial charge < -0.3 is 0 Å². The standard InChI is InChI=1S/C10H9Br2FO/c11-5-10(14)4-8-3-9(12)2-1-7(8)6-13/h1-3H,4-6H2. The highest BCUT2D eigenvalue weighted by molar-refractivity contribution is 9.10. The van der Waals surface area contributed by atoms with E-state index in [1.807, 2.05) is 0 Å². The fourth-order valence-electron chi connectivity index (χ4n) is 1.15. The van der Waals surface area contributed by atoms with E-state index in [0.29, 0.717) is 10.9 Å². The Balaban J connectivity index is 2.93. The Hall–Kier alpha value is -0.220. The van der Waals surface area contributed by atoms with Crippen LogP contribution in [-0.2, 0) is 17.9 Å². The van der Waals surface area contributed by atoms with Crippen molar-refractivity contribution in [2.75, 3.05) is 5.33 Å². The largest absolute Gasteiger partial charge is 0.298 e. The second-order valence-corrected chi connectivity index (χ2v) is 4.37. The van der Waals surface area contributed by atoms with Gasteiger partial charge in [0.05, 0.1) is 5.33 Å². The van der Waals surface area contributed by atoms with Crippen molar-refractivity contribution in [3.05, 3.63) is 33.8 Å². The number of Topliss-reactive ketones (excluding diaryl/α,β-unsaturated/α-hetero) is 1. The first-order valence-electron chi connectivity index (χ1n) is 4.08. The minimum Gasteiger partial charge on any atom is -0.298 e. The zero-order valence-corrected chi connectivity index (χ0v) is 10.6. The molecule has 0 aromatic heterocycles. The van der Waals surface area contributed by atoms with Gasteiger partial charge >= 0.3 is 0 Å². The average Bonchev–Trinajstić information content (AvgIpc) is 2.18. The Bertz CT molecular complexity index is 339. The maximum Gasteiger partial charge on any atom is 0.147 e. The summed E-state index contributed by atoms with van der Waals surface area (Å²) in [4.78, 5) is 11.2. The SMILES string of the molecule is O=C(CBr)Cc1cc(Br)ccc1CF. The van der Waals surface area contributed by atoms with Crippen LogP contribution < -0.4 is 0 Å². The predicted molar refractivity (Wildman–Crippen MR) is 61.5 cm³/mol. The molecule has 0 atom stereocenters. The zero-order valence-electron chi connectivity index (χ0n) is 7.40. The van der Waals surface area contributed by atoms with Crippen molar-refractivity contribution in [1.29, 1.82) is 0 Å². The van der Waals surface area contributed by atoms with Crippen LogP contribution in [0, 0.1) is 0 Å². The molecular formula is C10H9Br2FO. The fraction of sp³-hybridized carbons (Fsp3) is 0.300. The summed E-state index contributed by atoms with van der Waals surface area (Å²) in [5.41, 5.74) is 1.34. The van der Waals surface area contributed by atoms with Crippen molar-refractivity contribution in [2.45, 2.75) is 13.1 Å². The number of hydrogen-bond donors (Lipinski definition) is 0. The Morgan fingerprint density at radius 2 is 2.07 bits per heavy atom. The molecule has 1 aromatic rings. The van der Waals surface area contributed by atoms with E-state index in [9.17, 15) is 9.18 Å². The van der Waals surface area contributed by atoms with Gasteiger partial charge in [-0.05, 0) is 23.3 Å². The van der Waals surface area contributed by atoms with Crippen LogP contribution in [0.5, 0.6) is 0 Å². The molecule has 0 aliphatic carbocycles. The van der Waals surface area contributed by atoms with Crippen LogP contribution in [0.2, 0.25) is 0 Å². The number of hydrogen-bond acceptors (Lipinski definition) is 1. The van der Waals surface area contributed by atoms with Crippen LogP contribution in [0.4, 0.5) is 4.39 Å². The molecule has 4 heteroatoms. The molecule has 0 fully saturated rings. The smallest absolute Gasteiger partial charge is 0.147 e. The maximum absolute atomic E-state index is 12.5. The van der Waals surface area contributed by atoms with Crippen LogP contribution in [0.15, 0.2) is 22.7 Å². The molecule has 0 bridgehead atoms. The summed E-state index contributed by atoms with van der Waals surface area (Å²) in [6.07, 6.45) is 0.282. The highest BCUT2D eigenvalue weighted by Crippen LogP contribution is 2.18. The van der Waals surface area contributed by atoms with Gasteiger partial charge in [-0.25, -0.2) is 4.39 Å². The summed E-state index contributed by atoms with van der Waals surface area (Å²) < 4.78 is 13.4. The summed E-state index contributed by atoms with van der Waals surface area (Å²) >= 11 is 6.37. The summed E-state index contributed by atoms with van der Waals surface area (Å²) in [5.74, 6) is 0.0535. The van der Waals surface area contributed by atoms with Gasteiger partial charge in [-0.1, -0.05) is 37.9 Å². The number of ketones is 1. The fourth-order valence-corrected chi connectivity index (χ4v) is 1.76. The van der Waals surface area contributed by atoms with E-state index in [-0.39, 0.29) is 12.2 Å². The van der Waals surface area contributed by atoms with Gasteiger partial charge in [0.2, 0.25) is 0 Å². The topological polar surface area (TPSA) is 17.1 Å². The molecule has 0 heterocycles. The molecule has 1 rings (SSSR count). The average molecular weight is 324 g/mol. The summed E-state index contributed by atoms with van der Waals surface area (Å²) in [6.45, 7) is -0.530. The Labute approximate surface area is 99.0 Å². The second kappa shape index (κ2) is 5.61. The van der Waals surface area contributed by atoms with Gasteiger partial charge in [0.25, 0.3) is 0 Å². The first-order chi connectivity index (χ1) is 6.67. The zero-order chi connectivity index (χ0) is 10.6. The van der Waals surface area contributed by atoms with E-state index in [0.717, 1.165) is 10.0 Å². The number of carbonyl (C=O) groups excluding carboxylic acids is 1. The molecule has 1 nitrogen and oxygen atoms in total. The first-order valence-corrected chi connectivity index (χ1v) is 5.99. The molecule has 14 heavy (non-hydrogen) atoms. The van der Waals surface area contributed by atoms with E-state index >= 15 is 0 Å². The Morgan fingerprint density at radius 3 is 2.64 bits per heavy atom. The molecule has 0 aliphatic heterocycles. The molecule has 1 aromatic carbocycles. The number of benzene rings is 1. The van der Waals surface area contributed by atoms with Crippen LogP contribution in [-0.4, -0.2) is 11.1 Å². The molecule has 76 valence electrons. The van der Waals surface area contributed by atoms with Crippen molar-refractivity contribution in [2.24, 2.45) is 0 Å². The van der Waals surface area contributed by atoms with Crippen molar-refractivity contribution in [1.82, 2.24) is 0 Å². The molecule has 0 unspecified atom stereocenters. The predicted octanol–water partition coefficient (Wildman–Crippen LogP) is 3.43. The lowest BCUT2D eigenvalue weighted by molar-refractivity contribution is -0.115. The van der Waals surface area contributed by atoms with Crippen molar-refractivity contribution >= 4 is 37.6 Å². The Morgan fingerprint density at radius 1 is 1.36 bits per heavy atom. The summed E-state index contributed by atoms with van der Waals surface area (Å²) in [5, 5.41) is 0.311. The van der Waals surface area contributed by atoms with Crippen molar-refractivity contribution < 1.29 is 9.18 Å². The minimum atomic E-state index is -0.530. The van der Waals surface area contributed by atoms with E-state index in [1.54, 1.807) is 18.2 Å². The number of carbonyl (C=O) groups is 1. The summed E-state index contributed by atoms with van der Waals surface area (Å²) in [7, 11) is 0. The monoisotopic (exact) mass is 322 g/mol. The third-order valence-electron chi connectivity index (χ3n) is 1.85. The molecule has 0 spiro atoms. The molecular weight excluding hydrogens is 315 g/mol. The molecule has 0 aliphatic rings. The Kier molecular flexibility index (Phi) is 4.75. The van der Waals surface area contributed by atoms with Crippen LogP contribution in [0.1, 0.15) is 11.1 Å². The highest BCUT2D eigenvalue weighted by Gasteiger charge is 2.07. The van der Waals surface area contributed by atoms with Gasteiger partial charge in [-0.3, -0.25) is 4.79 Å². The first kappa shape index (κ1) is 11.9. The lowest BCUT2D eigenvalue weighted by atomic mass is 10.0. The minimum absolute atomic E-state index is 0.0535.